The van der Waals surface area contributed by atoms with Crippen molar-refractivity contribution in [2.24, 2.45) is 0 Å². The number of aromatic nitrogens is 2. The van der Waals surface area contributed by atoms with Crippen LogP contribution in [0.2, 0.25) is 0 Å². The lowest BCUT2D eigenvalue weighted by Crippen LogP contribution is -2.15. The molecule has 0 unspecified atom stereocenters. The molecular weight excluding hydrogens is 316 g/mol. The summed E-state index contributed by atoms with van der Waals surface area (Å²) in [7, 11) is 0. The number of nitrogens with zero attached hydrogens (tertiary/aromatic N) is 2. The summed E-state index contributed by atoms with van der Waals surface area (Å²) in [6.45, 7) is 1.20. The van der Waals surface area contributed by atoms with E-state index in [0.29, 0.717) is 18.4 Å². The molecule has 0 saturated carbocycles. The molecular formula is C12H9BrN2O2S. The summed E-state index contributed by atoms with van der Waals surface area (Å²) in [4.78, 5) is 9.47. The monoisotopic (exact) mass is 324 g/mol. The summed E-state index contributed by atoms with van der Waals surface area (Å²) in [5.41, 5.74) is 0. The van der Waals surface area contributed by atoms with Crippen LogP contribution in [0.3, 0.4) is 0 Å². The van der Waals surface area contributed by atoms with E-state index in [1.54, 1.807) is 12.4 Å². The third kappa shape index (κ3) is 2.59. The van der Waals surface area contributed by atoms with Gasteiger partial charge in [-0.05, 0) is 45.9 Å². The van der Waals surface area contributed by atoms with Crippen LogP contribution in [0.25, 0.3) is 0 Å². The summed E-state index contributed by atoms with van der Waals surface area (Å²) in [6.07, 6.45) is 3.46. The molecule has 0 N–H and O–H groups in total. The van der Waals surface area contributed by atoms with Crippen molar-refractivity contribution in [3.63, 3.8) is 0 Å². The van der Waals surface area contributed by atoms with E-state index in [9.17, 15) is 0 Å². The van der Waals surface area contributed by atoms with Crippen molar-refractivity contribution in [1.29, 1.82) is 0 Å². The lowest BCUT2D eigenvalue weighted by Gasteiger charge is -2.18. The van der Waals surface area contributed by atoms with Gasteiger partial charge in [-0.3, -0.25) is 0 Å². The highest BCUT2D eigenvalue weighted by Crippen LogP contribution is 2.35. The summed E-state index contributed by atoms with van der Waals surface area (Å²) in [6, 6.07) is 5.84. The number of hydrogen-bond donors (Lipinski definition) is 0. The molecule has 4 nitrogen and oxygen atoms in total. The minimum Gasteiger partial charge on any atom is -0.486 e. The lowest BCUT2D eigenvalue weighted by atomic mass is 10.3. The molecule has 0 aliphatic carbocycles. The second-order valence-corrected chi connectivity index (χ2v) is 5.55. The van der Waals surface area contributed by atoms with Crippen LogP contribution in [-0.2, 0) is 0 Å². The molecule has 2 aromatic rings. The number of fused-ring (bicyclic) bond motifs is 1. The topological polar surface area (TPSA) is 44.2 Å². The zero-order valence-corrected chi connectivity index (χ0v) is 11.7. The van der Waals surface area contributed by atoms with Gasteiger partial charge >= 0.3 is 0 Å². The first-order valence-corrected chi connectivity index (χ1v) is 6.97. The molecule has 6 heteroatoms. The van der Waals surface area contributed by atoms with E-state index in [4.69, 9.17) is 9.47 Å². The molecule has 2 heterocycles. The molecule has 0 amide bonds. The predicted molar refractivity (Wildman–Crippen MR) is 71.3 cm³/mol. The molecule has 0 radical (unpaired) electrons. The molecule has 1 aliphatic rings. The van der Waals surface area contributed by atoms with Crippen molar-refractivity contribution in [1.82, 2.24) is 9.97 Å². The second kappa shape index (κ2) is 5.16. The van der Waals surface area contributed by atoms with E-state index in [1.807, 2.05) is 18.2 Å². The fraction of sp³-hybridized carbons (Fsp3) is 0.167. The van der Waals surface area contributed by atoms with Gasteiger partial charge in [0.25, 0.3) is 0 Å². The van der Waals surface area contributed by atoms with Crippen LogP contribution in [0.5, 0.6) is 11.5 Å². The zero-order valence-electron chi connectivity index (χ0n) is 9.30. The molecule has 1 aromatic heterocycles. The largest absolute Gasteiger partial charge is 0.486 e. The van der Waals surface area contributed by atoms with Crippen LogP contribution in [-0.4, -0.2) is 23.2 Å². The Hall–Kier alpha value is -1.27. The van der Waals surface area contributed by atoms with E-state index < -0.39 is 0 Å². The Morgan fingerprint density at radius 1 is 1.06 bits per heavy atom. The highest BCUT2D eigenvalue weighted by atomic mass is 79.9. The van der Waals surface area contributed by atoms with Gasteiger partial charge in [0.05, 0.1) is 4.47 Å². The van der Waals surface area contributed by atoms with Crippen molar-refractivity contribution in [2.75, 3.05) is 13.2 Å². The maximum Gasteiger partial charge on any atom is 0.192 e. The van der Waals surface area contributed by atoms with E-state index >= 15 is 0 Å². The maximum absolute atomic E-state index is 5.53. The standard InChI is InChI=1S/C12H9BrN2O2S/c13-8-6-14-12(15-7-8)18-9-1-2-10-11(5-9)17-4-3-16-10/h1-2,5-7H,3-4H2. The summed E-state index contributed by atoms with van der Waals surface area (Å²) in [5, 5.41) is 0.704. The fourth-order valence-corrected chi connectivity index (χ4v) is 2.47. The first-order chi connectivity index (χ1) is 8.81. The van der Waals surface area contributed by atoms with E-state index in [1.165, 1.54) is 11.8 Å². The Kier molecular flexibility index (Phi) is 3.38. The Morgan fingerprint density at radius 2 is 1.78 bits per heavy atom. The third-order valence-electron chi connectivity index (χ3n) is 2.32. The molecule has 0 spiro atoms. The molecule has 0 fully saturated rings. The van der Waals surface area contributed by atoms with Crippen molar-refractivity contribution in [3.05, 3.63) is 35.1 Å². The minimum absolute atomic E-state index is 0.593. The summed E-state index contributed by atoms with van der Waals surface area (Å²) >= 11 is 4.80. The van der Waals surface area contributed by atoms with Crippen LogP contribution in [0.15, 0.2) is 45.1 Å². The van der Waals surface area contributed by atoms with Crippen molar-refractivity contribution in [3.8, 4) is 11.5 Å². The molecule has 1 aromatic carbocycles. The van der Waals surface area contributed by atoms with Crippen LogP contribution in [0.1, 0.15) is 0 Å². The van der Waals surface area contributed by atoms with E-state index in [2.05, 4.69) is 25.9 Å². The molecule has 18 heavy (non-hydrogen) atoms. The zero-order chi connectivity index (χ0) is 12.4. The number of ether oxygens (including phenoxy) is 2. The summed E-state index contributed by atoms with van der Waals surface area (Å²) in [5.74, 6) is 1.57. The van der Waals surface area contributed by atoms with Gasteiger partial charge in [-0.2, -0.15) is 0 Å². The summed E-state index contributed by atoms with van der Waals surface area (Å²) < 4.78 is 11.9. The smallest absolute Gasteiger partial charge is 0.192 e. The maximum atomic E-state index is 5.53. The highest BCUT2D eigenvalue weighted by molar-refractivity contribution is 9.10. The van der Waals surface area contributed by atoms with Gasteiger partial charge in [0, 0.05) is 17.3 Å². The number of hydrogen-bond acceptors (Lipinski definition) is 5. The number of benzene rings is 1. The van der Waals surface area contributed by atoms with Crippen molar-refractivity contribution >= 4 is 27.7 Å². The first-order valence-electron chi connectivity index (χ1n) is 5.36. The van der Waals surface area contributed by atoms with Crippen LogP contribution in [0.4, 0.5) is 0 Å². The minimum atomic E-state index is 0.593. The SMILES string of the molecule is Brc1cnc(Sc2ccc3c(c2)OCCO3)nc1. The quantitative estimate of drug-likeness (QED) is 0.794. The van der Waals surface area contributed by atoms with Gasteiger partial charge in [0.2, 0.25) is 0 Å². The molecule has 92 valence electrons. The van der Waals surface area contributed by atoms with Gasteiger partial charge in [-0.1, -0.05) is 0 Å². The molecule has 0 saturated heterocycles. The lowest BCUT2D eigenvalue weighted by molar-refractivity contribution is 0.171. The van der Waals surface area contributed by atoms with Gasteiger partial charge < -0.3 is 9.47 Å². The van der Waals surface area contributed by atoms with Crippen molar-refractivity contribution in [2.45, 2.75) is 10.1 Å². The van der Waals surface area contributed by atoms with Gasteiger partial charge in [0.1, 0.15) is 13.2 Å². The fourth-order valence-electron chi connectivity index (χ4n) is 1.55. The van der Waals surface area contributed by atoms with Crippen LogP contribution in [0, 0.1) is 0 Å². The van der Waals surface area contributed by atoms with Crippen LogP contribution >= 0.6 is 27.7 Å². The Balaban J connectivity index is 1.82. The molecule has 3 rings (SSSR count). The Morgan fingerprint density at radius 3 is 2.56 bits per heavy atom. The predicted octanol–water partition coefficient (Wildman–Crippen LogP) is 3.16. The average molecular weight is 325 g/mol. The molecule has 0 atom stereocenters. The average Bonchev–Trinajstić information content (AvgIpc) is 2.41. The van der Waals surface area contributed by atoms with E-state index in [0.717, 1.165) is 20.9 Å². The number of rotatable bonds is 2. The van der Waals surface area contributed by atoms with E-state index in [-0.39, 0.29) is 0 Å². The molecule has 0 bridgehead atoms. The highest BCUT2D eigenvalue weighted by Gasteiger charge is 2.12. The van der Waals surface area contributed by atoms with Crippen molar-refractivity contribution < 1.29 is 9.47 Å². The number of halogens is 1. The molecule has 1 aliphatic heterocycles. The van der Waals surface area contributed by atoms with Gasteiger partial charge in [-0.25, -0.2) is 9.97 Å². The van der Waals surface area contributed by atoms with Gasteiger partial charge in [0.15, 0.2) is 16.7 Å². The first kappa shape index (κ1) is 11.8. The van der Waals surface area contributed by atoms with Gasteiger partial charge in [-0.15, -0.1) is 0 Å². The second-order valence-electron chi connectivity index (χ2n) is 3.59. The van der Waals surface area contributed by atoms with Crippen LogP contribution < -0.4 is 9.47 Å². The Labute approximate surface area is 117 Å². The Bertz CT molecular complexity index is 563. The normalized spacial score (nSPS) is 13.4. The third-order valence-corrected chi connectivity index (χ3v) is 3.61.